The maximum atomic E-state index is 11.5. The van der Waals surface area contributed by atoms with Crippen LogP contribution < -0.4 is 0 Å². The Balaban J connectivity index is 2.51. The van der Waals surface area contributed by atoms with Crippen molar-refractivity contribution in [2.75, 3.05) is 0 Å². The van der Waals surface area contributed by atoms with Gasteiger partial charge >= 0.3 is 5.97 Å². The van der Waals surface area contributed by atoms with E-state index < -0.39 is 5.41 Å². The van der Waals surface area contributed by atoms with Gasteiger partial charge in [-0.3, -0.25) is 4.79 Å². The van der Waals surface area contributed by atoms with E-state index in [0.717, 1.165) is 5.56 Å². The summed E-state index contributed by atoms with van der Waals surface area (Å²) < 4.78 is 5.19. The Hall–Kier alpha value is -1.31. The van der Waals surface area contributed by atoms with E-state index >= 15 is 0 Å². The van der Waals surface area contributed by atoms with Gasteiger partial charge in [0.15, 0.2) is 0 Å². The molecule has 0 saturated heterocycles. The fraction of sp³-hybridized carbons (Fsp3) is 0.462. The average molecular weight is 206 g/mol. The van der Waals surface area contributed by atoms with Gasteiger partial charge in [0.25, 0.3) is 0 Å². The van der Waals surface area contributed by atoms with Gasteiger partial charge in [0.2, 0.25) is 0 Å². The summed E-state index contributed by atoms with van der Waals surface area (Å²) in [5, 5.41) is 0. The van der Waals surface area contributed by atoms with E-state index in [9.17, 15) is 4.79 Å². The van der Waals surface area contributed by atoms with E-state index in [1.54, 1.807) is 0 Å². The molecule has 82 valence electrons. The van der Waals surface area contributed by atoms with Gasteiger partial charge in [-0.15, -0.1) is 0 Å². The molecule has 0 unspecified atom stereocenters. The third kappa shape index (κ3) is 3.74. The summed E-state index contributed by atoms with van der Waals surface area (Å²) in [7, 11) is 0. The fourth-order valence-corrected chi connectivity index (χ4v) is 1.05. The highest BCUT2D eigenvalue weighted by molar-refractivity contribution is 5.75. The quantitative estimate of drug-likeness (QED) is 0.695. The Labute approximate surface area is 91.3 Å². The fourth-order valence-electron chi connectivity index (χ4n) is 1.05. The summed E-state index contributed by atoms with van der Waals surface area (Å²) in [6, 6.07) is 7.98. The van der Waals surface area contributed by atoms with Crippen LogP contribution in [0.3, 0.4) is 0 Å². The minimum absolute atomic E-state index is 0.164. The van der Waals surface area contributed by atoms with Gasteiger partial charge in [0.1, 0.15) is 6.61 Å². The Morgan fingerprint density at radius 3 is 2.20 bits per heavy atom. The standard InChI is InChI=1S/C13H18O2/c1-10-5-7-11(8-6-10)9-15-12(14)13(2,3)4/h5-8H,9H2,1-4H3. The van der Waals surface area contributed by atoms with Crippen LogP contribution in [0.25, 0.3) is 0 Å². The Kier molecular flexibility index (Phi) is 3.51. The molecule has 1 aromatic carbocycles. The zero-order valence-corrected chi connectivity index (χ0v) is 9.83. The summed E-state index contributed by atoms with van der Waals surface area (Å²) in [6.45, 7) is 7.95. The van der Waals surface area contributed by atoms with Crippen LogP contribution in [0.1, 0.15) is 31.9 Å². The molecule has 2 heteroatoms. The Morgan fingerprint density at radius 2 is 1.73 bits per heavy atom. The summed E-state index contributed by atoms with van der Waals surface area (Å²) in [6.07, 6.45) is 0. The summed E-state index contributed by atoms with van der Waals surface area (Å²) >= 11 is 0. The lowest BCUT2D eigenvalue weighted by molar-refractivity contribution is -0.154. The number of ether oxygens (including phenoxy) is 1. The average Bonchev–Trinajstić information content (AvgIpc) is 2.15. The smallest absolute Gasteiger partial charge is 0.311 e. The zero-order valence-electron chi connectivity index (χ0n) is 9.83. The second kappa shape index (κ2) is 4.47. The number of aryl methyl sites for hydroxylation is 1. The maximum absolute atomic E-state index is 11.5. The van der Waals surface area contributed by atoms with Crippen molar-refractivity contribution in [2.24, 2.45) is 5.41 Å². The zero-order chi connectivity index (χ0) is 11.5. The van der Waals surface area contributed by atoms with Gasteiger partial charge in [-0.1, -0.05) is 29.8 Å². The molecule has 0 bridgehead atoms. The van der Waals surface area contributed by atoms with Crippen molar-refractivity contribution in [3.05, 3.63) is 35.4 Å². The first-order valence-electron chi connectivity index (χ1n) is 5.12. The number of benzene rings is 1. The topological polar surface area (TPSA) is 26.3 Å². The highest BCUT2D eigenvalue weighted by atomic mass is 16.5. The van der Waals surface area contributed by atoms with Crippen molar-refractivity contribution < 1.29 is 9.53 Å². The van der Waals surface area contributed by atoms with Crippen molar-refractivity contribution in [1.82, 2.24) is 0 Å². The first-order chi connectivity index (χ1) is 6.89. The number of carbonyl (C=O) groups excluding carboxylic acids is 1. The molecule has 15 heavy (non-hydrogen) atoms. The molecule has 0 aliphatic carbocycles. The van der Waals surface area contributed by atoms with Gasteiger partial charge in [0.05, 0.1) is 5.41 Å². The largest absolute Gasteiger partial charge is 0.460 e. The monoisotopic (exact) mass is 206 g/mol. The molecule has 0 fully saturated rings. The van der Waals surface area contributed by atoms with Crippen molar-refractivity contribution >= 4 is 5.97 Å². The van der Waals surface area contributed by atoms with Gasteiger partial charge in [-0.25, -0.2) is 0 Å². The van der Waals surface area contributed by atoms with Crippen LogP contribution in [0.5, 0.6) is 0 Å². The molecule has 0 spiro atoms. The first-order valence-corrected chi connectivity index (χ1v) is 5.12. The van der Waals surface area contributed by atoms with Crippen LogP contribution in [0.4, 0.5) is 0 Å². The third-order valence-corrected chi connectivity index (χ3v) is 2.10. The van der Waals surface area contributed by atoms with Crippen LogP contribution >= 0.6 is 0 Å². The minimum Gasteiger partial charge on any atom is -0.460 e. The van der Waals surface area contributed by atoms with Gasteiger partial charge < -0.3 is 4.74 Å². The molecular weight excluding hydrogens is 188 g/mol. The summed E-state index contributed by atoms with van der Waals surface area (Å²) in [4.78, 5) is 11.5. The minimum atomic E-state index is -0.426. The summed E-state index contributed by atoms with van der Waals surface area (Å²) in [5.41, 5.74) is 1.81. The normalized spacial score (nSPS) is 11.2. The molecule has 0 atom stereocenters. The van der Waals surface area contributed by atoms with E-state index in [0.29, 0.717) is 6.61 Å². The van der Waals surface area contributed by atoms with Crippen molar-refractivity contribution in [1.29, 1.82) is 0 Å². The molecule has 0 aliphatic rings. The number of hydrogen-bond donors (Lipinski definition) is 0. The number of rotatable bonds is 2. The van der Waals surface area contributed by atoms with Gasteiger partial charge in [0, 0.05) is 0 Å². The molecule has 0 amide bonds. The number of hydrogen-bond acceptors (Lipinski definition) is 2. The second-order valence-corrected chi connectivity index (χ2v) is 4.81. The Morgan fingerprint density at radius 1 is 1.20 bits per heavy atom. The Bertz CT molecular complexity index is 331. The van der Waals surface area contributed by atoms with E-state index in [4.69, 9.17) is 4.74 Å². The van der Waals surface area contributed by atoms with Crippen molar-refractivity contribution in [2.45, 2.75) is 34.3 Å². The van der Waals surface area contributed by atoms with Crippen LogP contribution in [-0.2, 0) is 16.1 Å². The van der Waals surface area contributed by atoms with E-state index in [1.165, 1.54) is 5.56 Å². The van der Waals surface area contributed by atoms with Crippen LogP contribution in [-0.4, -0.2) is 5.97 Å². The number of carbonyl (C=O) groups is 1. The lowest BCUT2D eigenvalue weighted by Crippen LogP contribution is -2.22. The van der Waals surface area contributed by atoms with Crippen molar-refractivity contribution in [3.63, 3.8) is 0 Å². The predicted molar refractivity (Wildman–Crippen MR) is 60.4 cm³/mol. The lowest BCUT2D eigenvalue weighted by atomic mass is 9.97. The van der Waals surface area contributed by atoms with Crippen molar-refractivity contribution in [3.8, 4) is 0 Å². The molecule has 1 rings (SSSR count). The van der Waals surface area contributed by atoms with Crippen LogP contribution in [0, 0.1) is 12.3 Å². The second-order valence-electron chi connectivity index (χ2n) is 4.81. The SMILES string of the molecule is Cc1ccc(COC(=O)C(C)(C)C)cc1. The maximum Gasteiger partial charge on any atom is 0.311 e. The number of esters is 1. The predicted octanol–water partition coefficient (Wildman–Crippen LogP) is 3.08. The van der Waals surface area contributed by atoms with E-state index in [1.807, 2.05) is 52.0 Å². The molecule has 0 N–H and O–H groups in total. The molecule has 2 nitrogen and oxygen atoms in total. The molecular formula is C13H18O2. The van der Waals surface area contributed by atoms with E-state index in [-0.39, 0.29) is 5.97 Å². The van der Waals surface area contributed by atoms with Crippen LogP contribution in [0.2, 0.25) is 0 Å². The summed E-state index contributed by atoms with van der Waals surface area (Å²) in [5.74, 6) is -0.164. The molecule has 0 saturated carbocycles. The van der Waals surface area contributed by atoms with Gasteiger partial charge in [-0.05, 0) is 33.3 Å². The van der Waals surface area contributed by atoms with E-state index in [2.05, 4.69) is 0 Å². The third-order valence-electron chi connectivity index (χ3n) is 2.10. The molecule has 0 heterocycles. The van der Waals surface area contributed by atoms with Gasteiger partial charge in [-0.2, -0.15) is 0 Å². The first kappa shape index (κ1) is 11.8. The molecule has 0 aliphatic heterocycles. The lowest BCUT2D eigenvalue weighted by Gasteiger charge is -2.16. The highest BCUT2D eigenvalue weighted by Gasteiger charge is 2.22. The van der Waals surface area contributed by atoms with Crippen LogP contribution in [0.15, 0.2) is 24.3 Å². The molecule has 0 radical (unpaired) electrons. The molecule has 1 aromatic rings. The molecule has 0 aromatic heterocycles. The highest BCUT2D eigenvalue weighted by Crippen LogP contribution is 2.16.